The van der Waals surface area contributed by atoms with Gasteiger partial charge in [-0.25, -0.2) is 0 Å². The lowest BCUT2D eigenvalue weighted by Gasteiger charge is -2.25. The topological polar surface area (TPSA) is 58.0 Å². The molecule has 0 aliphatic heterocycles. The second kappa shape index (κ2) is 11.6. The maximum absolute atomic E-state index is 4.22. The van der Waals surface area contributed by atoms with E-state index in [0.717, 1.165) is 0 Å². The Balaban J connectivity index is 0.000000195. The third kappa shape index (κ3) is 6.52. The summed E-state index contributed by atoms with van der Waals surface area (Å²) in [4.78, 5) is 5.11. The molecule has 5 aromatic rings. The van der Waals surface area contributed by atoms with Crippen LogP contribution in [-0.2, 0) is 0 Å². The van der Waals surface area contributed by atoms with E-state index in [9.17, 15) is 0 Å². The number of para-hydroxylation sites is 3. The van der Waals surface area contributed by atoms with E-state index in [1.807, 2.05) is 42.7 Å². The molecular formula is C24H22N4O. The van der Waals surface area contributed by atoms with Crippen LogP contribution in [0.5, 0.6) is 0 Å². The van der Waals surface area contributed by atoms with E-state index in [1.54, 1.807) is 0 Å². The lowest BCUT2D eigenvalue weighted by molar-refractivity contribution is 0.393. The predicted molar refractivity (Wildman–Crippen MR) is 116 cm³/mol. The molecule has 5 rings (SSSR count). The van der Waals surface area contributed by atoms with Crippen LogP contribution in [0.2, 0.25) is 0 Å². The van der Waals surface area contributed by atoms with E-state index < -0.39 is 0 Å². The normalized spacial score (nSPS) is 9.38. The van der Waals surface area contributed by atoms with Crippen molar-refractivity contribution in [2.75, 3.05) is 4.90 Å². The summed E-state index contributed by atoms with van der Waals surface area (Å²) < 4.78 is 4.22. The molecule has 0 aliphatic rings. The van der Waals surface area contributed by atoms with Crippen LogP contribution in [0.15, 0.2) is 133 Å². The zero-order chi connectivity index (χ0) is 20.0. The third-order valence-corrected chi connectivity index (χ3v) is 3.82. The first-order valence-corrected chi connectivity index (χ1v) is 9.19. The van der Waals surface area contributed by atoms with E-state index in [1.165, 1.54) is 29.5 Å². The Kier molecular flexibility index (Phi) is 7.83. The van der Waals surface area contributed by atoms with E-state index in [0.29, 0.717) is 0 Å². The summed E-state index contributed by atoms with van der Waals surface area (Å²) in [5, 5.41) is 6.40. The summed E-state index contributed by atoms with van der Waals surface area (Å²) >= 11 is 0. The molecule has 1 N–H and O–H groups in total. The quantitative estimate of drug-likeness (QED) is 0.401. The van der Waals surface area contributed by atoms with Gasteiger partial charge in [-0.05, 0) is 48.5 Å². The summed E-state index contributed by atoms with van der Waals surface area (Å²) in [5.74, 6) is 0. The Morgan fingerprint density at radius 3 is 1.28 bits per heavy atom. The van der Waals surface area contributed by atoms with Gasteiger partial charge in [0, 0.05) is 34.7 Å². The summed E-state index contributed by atoms with van der Waals surface area (Å²) in [5.41, 5.74) is 3.50. The summed E-state index contributed by atoms with van der Waals surface area (Å²) in [6.07, 6.45) is 6.62. The molecule has 0 aliphatic carbocycles. The lowest BCUT2D eigenvalue weighted by atomic mass is 10.2. The maximum Gasteiger partial charge on any atom is 0.144 e. The van der Waals surface area contributed by atoms with Crippen molar-refractivity contribution in [3.05, 3.63) is 128 Å². The van der Waals surface area contributed by atoms with Crippen LogP contribution < -0.4 is 4.90 Å². The van der Waals surface area contributed by atoms with Gasteiger partial charge in [0.1, 0.15) is 6.26 Å². The molecule has 0 amide bonds. The third-order valence-electron chi connectivity index (χ3n) is 3.82. The maximum atomic E-state index is 4.22. The monoisotopic (exact) mass is 382 g/mol. The van der Waals surface area contributed by atoms with Gasteiger partial charge in [-0.3, -0.25) is 0 Å². The lowest BCUT2D eigenvalue weighted by Crippen LogP contribution is -2.09. The molecular weight excluding hydrogens is 360 g/mol. The van der Waals surface area contributed by atoms with Gasteiger partial charge in [0.2, 0.25) is 0 Å². The van der Waals surface area contributed by atoms with Crippen molar-refractivity contribution in [2.24, 2.45) is 0 Å². The second-order valence-corrected chi connectivity index (χ2v) is 5.81. The number of nitrogens with one attached hydrogen (secondary N) is 1. The van der Waals surface area contributed by atoms with Crippen molar-refractivity contribution in [2.45, 2.75) is 0 Å². The van der Waals surface area contributed by atoms with Gasteiger partial charge >= 0.3 is 0 Å². The van der Waals surface area contributed by atoms with Crippen LogP contribution in [0.3, 0.4) is 0 Å². The minimum atomic E-state index is 1.17. The average Bonchev–Trinajstić information content (AvgIpc) is 3.55. The van der Waals surface area contributed by atoms with E-state index in [-0.39, 0.29) is 0 Å². The number of aromatic amines is 1. The molecule has 5 nitrogen and oxygen atoms in total. The van der Waals surface area contributed by atoms with Crippen molar-refractivity contribution in [3.63, 3.8) is 0 Å². The van der Waals surface area contributed by atoms with Gasteiger partial charge in [-0.1, -0.05) is 54.6 Å². The first kappa shape index (κ1) is 19.6. The smallest absolute Gasteiger partial charge is 0.144 e. The fraction of sp³-hybridized carbons (Fsp3) is 0. The van der Waals surface area contributed by atoms with E-state index in [4.69, 9.17) is 0 Å². The number of benzene rings is 3. The molecule has 0 radical (unpaired) electrons. The first-order chi connectivity index (χ1) is 14.4. The highest BCUT2D eigenvalue weighted by atomic mass is 16.5. The number of nitrogens with zero attached hydrogens (tertiary/aromatic N) is 3. The van der Waals surface area contributed by atoms with Crippen molar-refractivity contribution in [1.29, 1.82) is 0 Å². The average molecular weight is 382 g/mol. The molecule has 3 aromatic carbocycles. The molecule has 0 atom stereocenters. The van der Waals surface area contributed by atoms with Gasteiger partial charge in [0.15, 0.2) is 0 Å². The van der Waals surface area contributed by atoms with Crippen LogP contribution in [-0.4, -0.2) is 15.4 Å². The number of hydrogen-bond acceptors (Lipinski definition) is 4. The molecule has 0 saturated carbocycles. The molecule has 0 unspecified atom stereocenters. The Morgan fingerprint density at radius 2 is 1.03 bits per heavy atom. The van der Waals surface area contributed by atoms with Gasteiger partial charge in [0.05, 0.1) is 6.20 Å². The van der Waals surface area contributed by atoms with Crippen molar-refractivity contribution in [3.8, 4) is 0 Å². The Labute approximate surface area is 170 Å². The zero-order valence-corrected chi connectivity index (χ0v) is 15.9. The summed E-state index contributed by atoms with van der Waals surface area (Å²) in [7, 11) is 0. The molecule has 0 bridgehead atoms. The molecule has 2 aromatic heterocycles. The Bertz CT molecular complexity index is 832. The number of anilines is 3. The van der Waals surface area contributed by atoms with Crippen molar-refractivity contribution in [1.82, 2.24) is 15.4 Å². The number of rotatable bonds is 3. The fourth-order valence-electron chi connectivity index (χ4n) is 2.59. The molecule has 0 saturated heterocycles. The highest BCUT2D eigenvalue weighted by molar-refractivity contribution is 5.76. The van der Waals surface area contributed by atoms with Gasteiger partial charge < -0.3 is 14.4 Å². The Hall–Kier alpha value is -4.12. The predicted octanol–water partition coefficient (Wildman–Crippen LogP) is 6.24. The van der Waals surface area contributed by atoms with Crippen LogP contribution in [0.4, 0.5) is 17.1 Å². The standard InChI is InChI=1S/C18H15N.C4H5N.C2H2N2O/c1-4-10-16(11-5-1)19(17-12-6-2-7-13-17)18-14-8-3-9-15-18;1-2-4-5-3-1;1-2-5-4-3-1/h1-15H;1-5H;1-2H. The zero-order valence-electron chi connectivity index (χ0n) is 15.9. The molecule has 29 heavy (non-hydrogen) atoms. The minimum Gasteiger partial charge on any atom is -0.368 e. The summed E-state index contributed by atoms with van der Waals surface area (Å²) in [6, 6.07) is 35.1. The Morgan fingerprint density at radius 1 is 0.586 bits per heavy atom. The minimum absolute atomic E-state index is 1.17. The fourth-order valence-corrected chi connectivity index (χ4v) is 2.59. The van der Waals surface area contributed by atoms with Crippen LogP contribution >= 0.6 is 0 Å². The molecule has 0 fully saturated rings. The number of hydrogen-bond donors (Lipinski definition) is 1. The largest absolute Gasteiger partial charge is 0.368 e. The van der Waals surface area contributed by atoms with Crippen molar-refractivity contribution >= 4 is 17.1 Å². The number of H-pyrrole nitrogens is 1. The van der Waals surface area contributed by atoms with Gasteiger partial charge in [0.25, 0.3) is 0 Å². The molecule has 0 spiro atoms. The highest BCUT2D eigenvalue weighted by Crippen LogP contribution is 2.33. The van der Waals surface area contributed by atoms with Gasteiger partial charge in [-0.15, -0.1) is 5.10 Å². The van der Waals surface area contributed by atoms with Crippen LogP contribution in [0, 0.1) is 0 Å². The molecule has 5 heteroatoms. The van der Waals surface area contributed by atoms with E-state index >= 15 is 0 Å². The number of aromatic nitrogens is 3. The van der Waals surface area contributed by atoms with Crippen LogP contribution in [0.25, 0.3) is 0 Å². The SMILES string of the molecule is c1cc[nH]c1.c1ccc(N(c2ccccc2)c2ccccc2)cc1.c1conn1. The van der Waals surface area contributed by atoms with Gasteiger partial charge in [-0.2, -0.15) is 0 Å². The first-order valence-electron chi connectivity index (χ1n) is 9.19. The molecule has 144 valence electrons. The summed E-state index contributed by atoms with van der Waals surface area (Å²) in [6.45, 7) is 0. The van der Waals surface area contributed by atoms with Crippen molar-refractivity contribution < 1.29 is 4.52 Å². The molecule has 2 heterocycles. The van der Waals surface area contributed by atoms with Crippen LogP contribution in [0.1, 0.15) is 0 Å². The second-order valence-electron chi connectivity index (χ2n) is 5.81. The van der Waals surface area contributed by atoms with E-state index in [2.05, 4.69) is 97.6 Å². The highest BCUT2D eigenvalue weighted by Gasteiger charge is 2.10.